The average Bonchev–Trinajstić information content (AvgIpc) is 2.43. The van der Waals surface area contributed by atoms with Gasteiger partial charge in [-0.05, 0) is 31.6 Å². The number of carboxylic acids is 1. The number of carboxylic acid groups (broad SMARTS) is 1. The smallest absolute Gasteiger partial charge is 0.303 e. The monoisotopic (exact) mass is 282 g/mol. The van der Waals surface area contributed by atoms with Crippen LogP contribution in [0, 0.1) is 5.92 Å². The minimum atomic E-state index is -0.664. The van der Waals surface area contributed by atoms with Gasteiger partial charge in [0.15, 0.2) is 0 Å². The van der Waals surface area contributed by atoms with E-state index >= 15 is 0 Å². The molecule has 1 N–H and O–H groups in total. The second-order valence-corrected chi connectivity index (χ2v) is 5.82. The fourth-order valence-corrected chi connectivity index (χ4v) is 2.47. The lowest BCUT2D eigenvalue weighted by atomic mass is 9.94. The van der Waals surface area contributed by atoms with Crippen LogP contribution in [0.2, 0.25) is 0 Å². The van der Waals surface area contributed by atoms with E-state index in [9.17, 15) is 4.79 Å². The van der Waals surface area contributed by atoms with Crippen molar-refractivity contribution in [3.63, 3.8) is 0 Å². The first-order valence-electron chi connectivity index (χ1n) is 8.57. The Hall–Kier alpha value is -0.790. The Bertz CT molecular complexity index is 246. The van der Waals surface area contributed by atoms with Gasteiger partial charge in [0.2, 0.25) is 0 Å². The van der Waals surface area contributed by atoms with Crippen molar-refractivity contribution in [2.75, 3.05) is 0 Å². The first-order valence-corrected chi connectivity index (χ1v) is 8.57. The molecule has 0 bridgehead atoms. The van der Waals surface area contributed by atoms with Gasteiger partial charge in [0.25, 0.3) is 0 Å². The van der Waals surface area contributed by atoms with E-state index in [1.807, 2.05) is 0 Å². The standard InChI is InChI=1S/C18H34O2/c1-3-5-6-7-8-9-11-14-17(4-2)15-12-10-13-16-18(19)20/h9,11,17H,3-8,10,12-16H2,1-2H3,(H,19,20)/b11-9-/t17-/m0/s1. The number of rotatable bonds is 14. The van der Waals surface area contributed by atoms with E-state index < -0.39 is 5.97 Å². The van der Waals surface area contributed by atoms with Crippen molar-refractivity contribution in [2.24, 2.45) is 5.92 Å². The lowest BCUT2D eigenvalue weighted by Gasteiger charge is -2.11. The molecule has 0 aromatic rings. The van der Waals surface area contributed by atoms with Gasteiger partial charge < -0.3 is 5.11 Å². The van der Waals surface area contributed by atoms with Gasteiger partial charge in [0.05, 0.1) is 0 Å². The maximum Gasteiger partial charge on any atom is 0.303 e. The summed E-state index contributed by atoms with van der Waals surface area (Å²) in [5, 5.41) is 8.58. The Labute approximate surface area is 125 Å². The van der Waals surface area contributed by atoms with Crippen molar-refractivity contribution >= 4 is 5.97 Å². The molecule has 0 aromatic carbocycles. The van der Waals surface area contributed by atoms with Crippen molar-refractivity contribution in [2.45, 2.75) is 90.9 Å². The molecule has 0 spiro atoms. The maximum absolute atomic E-state index is 10.4. The lowest BCUT2D eigenvalue weighted by molar-refractivity contribution is -0.137. The average molecular weight is 282 g/mol. The predicted octanol–water partition coefficient (Wildman–Crippen LogP) is 5.96. The highest BCUT2D eigenvalue weighted by Crippen LogP contribution is 2.18. The topological polar surface area (TPSA) is 37.3 Å². The highest BCUT2D eigenvalue weighted by Gasteiger charge is 2.04. The van der Waals surface area contributed by atoms with Crippen molar-refractivity contribution in [3.8, 4) is 0 Å². The van der Waals surface area contributed by atoms with Gasteiger partial charge in [-0.2, -0.15) is 0 Å². The summed E-state index contributed by atoms with van der Waals surface area (Å²) in [6, 6.07) is 0. The molecule has 0 fully saturated rings. The van der Waals surface area contributed by atoms with Crippen LogP contribution in [-0.4, -0.2) is 11.1 Å². The van der Waals surface area contributed by atoms with E-state index in [-0.39, 0.29) is 0 Å². The molecule has 1 atom stereocenters. The van der Waals surface area contributed by atoms with Crippen LogP contribution >= 0.6 is 0 Å². The summed E-state index contributed by atoms with van der Waals surface area (Å²) < 4.78 is 0. The summed E-state index contributed by atoms with van der Waals surface area (Å²) in [6.07, 6.45) is 18.4. The van der Waals surface area contributed by atoms with Gasteiger partial charge in [-0.3, -0.25) is 4.79 Å². The van der Waals surface area contributed by atoms with Crippen LogP contribution in [0.5, 0.6) is 0 Å². The van der Waals surface area contributed by atoms with Crippen molar-refractivity contribution in [1.82, 2.24) is 0 Å². The Morgan fingerprint density at radius 3 is 2.40 bits per heavy atom. The molecule has 0 amide bonds. The highest BCUT2D eigenvalue weighted by atomic mass is 16.4. The second kappa shape index (κ2) is 14.6. The Balaban J connectivity index is 3.50. The van der Waals surface area contributed by atoms with Crippen LogP contribution in [-0.2, 0) is 4.79 Å². The molecular formula is C18H34O2. The van der Waals surface area contributed by atoms with Crippen LogP contribution < -0.4 is 0 Å². The molecule has 0 aliphatic heterocycles. The van der Waals surface area contributed by atoms with E-state index in [1.54, 1.807) is 0 Å². The van der Waals surface area contributed by atoms with Gasteiger partial charge in [-0.25, -0.2) is 0 Å². The zero-order valence-corrected chi connectivity index (χ0v) is 13.6. The molecule has 0 radical (unpaired) electrons. The summed E-state index contributed by atoms with van der Waals surface area (Å²) in [5.41, 5.74) is 0. The molecule has 20 heavy (non-hydrogen) atoms. The van der Waals surface area contributed by atoms with Crippen LogP contribution in [0.4, 0.5) is 0 Å². The zero-order valence-electron chi connectivity index (χ0n) is 13.6. The van der Waals surface area contributed by atoms with E-state index in [4.69, 9.17) is 5.11 Å². The normalized spacial score (nSPS) is 12.9. The molecular weight excluding hydrogens is 248 g/mol. The molecule has 0 rings (SSSR count). The summed E-state index contributed by atoms with van der Waals surface area (Å²) >= 11 is 0. The number of allylic oxidation sites excluding steroid dienone is 2. The first kappa shape index (κ1) is 19.2. The Morgan fingerprint density at radius 2 is 1.75 bits per heavy atom. The molecule has 0 aromatic heterocycles. The van der Waals surface area contributed by atoms with Gasteiger partial charge in [-0.15, -0.1) is 0 Å². The van der Waals surface area contributed by atoms with Crippen LogP contribution in [0.1, 0.15) is 90.9 Å². The fraction of sp³-hybridized carbons (Fsp3) is 0.833. The van der Waals surface area contributed by atoms with Crippen LogP contribution in [0.25, 0.3) is 0 Å². The molecule has 118 valence electrons. The first-order chi connectivity index (χ1) is 9.70. The van der Waals surface area contributed by atoms with Crippen molar-refractivity contribution in [1.29, 1.82) is 0 Å². The zero-order chi connectivity index (χ0) is 15.1. The number of hydrogen-bond acceptors (Lipinski definition) is 1. The molecule has 0 unspecified atom stereocenters. The second-order valence-electron chi connectivity index (χ2n) is 5.82. The Kier molecular flexibility index (Phi) is 14.0. The minimum Gasteiger partial charge on any atom is -0.481 e. The van der Waals surface area contributed by atoms with E-state index in [0.717, 1.165) is 18.8 Å². The van der Waals surface area contributed by atoms with Gasteiger partial charge >= 0.3 is 5.97 Å². The molecule has 0 heterocycles. The molecule has 0 aliphatic rings. The van der Waals surface area contributed by atoms with Gasteiger partial charge in [0, 0.05) is 6.42 Å². The number of aliphatic carboxylic acids is 1. The number of unbranched alkanes of at least 4 members (excludes halogenated alkanes) is 6. The van der Waals surface area contributed by atoms with Gasteiger partial charge in [-0.1, -0.05) is 70.9 Å². The fourth-order valence-electron chi connectivity index (χ4n) is 2.47. The highest BCUT2D eigenvalue weighted by molar-refractivity contribution is 5.66. The SMILES string of the molecule is CCCCCC/C=C\C[C@H](CC)CCCCCC(=O)O. The molecule has 2 nitrogen and oxygen atoms in total. The third kappa shape index (κ3) is 13.6. The lowest BCUT2D eigenvalue weighted by Crippen LogP contribution is -1.98. The molecule has 0 aliphatic carbocycles. The van der Waals surface area contributed by atoms with Gasteiger partial charge in [0.1, 0.15) is 0 Å². The molecule has 0 saturated heterocycles. The number of carbonyl (C=O) groups is 1. The summed E-state index contributed by atoms with van der Waals surface area (Å²) in [7, 11) is 0. The largest absolute Gasteiger partial charge is 0.481 e. The van der Waals surface area contributed by atoms with Crippen molar-refractivity contribution < 1.29 is 9.90 Å². The predicted molar refractivity (Wildman–Crippen MR) is 87.0 cm³/mol. The van der Waals surface area contributed by atoms with Crippen molar-refractivity contribution in [3.05, 3.63) is 12.2 Å². The quantitative estimate of drug-likeness (QED) is 0.315. The third-order valence-electron chi connectivity index (χ3n) is 3.94. The number of hydrogen-bond donors (Lipinski definition) is 1. The summed E-state index contributed by atoms with van der Waals surface area (Å²) in [6.45, 7) is 4.51. The summed E-state index contributed by atoms with van der Waals surface area (Å²) in [4.78, 5) is 10.4. The Morgan fingerprint density at radius 1 is 1.00 bits per heavy atom. The molecule has 0 saturated carbocycles. The van der Waals surface area contributed by atoms with E-state index in [2.05, 4.69) is 26.0 Å². The molecule has 2 heteroatoms. The summed E-state index contributed by atoms with van der Waals surface area (Å²) in [5.74, 6) is 0.120. The third-order valence-corrected chi connectivity index (χ3v) is 3.94. The van der Waals surface area contributed by atoms with Crippen LogP contribution in [0.15, 0.2) is 12.2 Å². The van der Waals surface area contributed by atoms with Crippen LogP contribution in [0.3, 0.4) is 0 Å². The minimum absolute atomic E-state index is 0.328. The van der Waals surface area contributed by atoms with E-state index in [0.29, 0.717) is 6.42 Å². The maximum atomic E-state index is 10.4. The van der Waals surface area contributed by atoms with E-state index in [1.165, 1.54) is 57.8 Å².